The molecule has 0 spiro atoms. The Morgan fingerprint density at radius 3 is 2.46 bits per heavy atom. The highest BCUT2D eigenvalue weighted by molar-refractivity contribution is 5.79. The van der Waals surface area contributed by atoms with Crippen molar-refractivity contribution in [1.82, 2.24) is 10.7 Å². The largest absolute Gasteiger partial charge is 0.355 e. The molecular weight excluding hydrogens is 164 g/mol. The Morgan fingerprint density at radius 1 is 1.54 bits per heavy atom. The van der Waals surface area contributed by atoms with E-state index in [1.54, 1.807) is 7.05 Å². The predicted molar refractivity (Wildman–Crippen MR) is 55.2 cm³/mol. The van der Waals surface area contributed by atoms with Gasteiger partial charge in [0.25, 0.3) is 0 Å². The van der Waals surface area contributed by atoms with Gasteiger partial charge in [0.1, 0.15) is 0 Å². The first kappa shape index (κ1) is 10.3. The fourth-order valence-electron chi connectivity index (χ4n) is 1.57. The van der Waals surface area contributed by atoms with Gasteiger partial charge in [-0.25, -0.2) is 5.84 Å². The normalized spacial score (nSPS) is 20.2. The summed E-state index contributed by atoms with van der Waals surface area (Å²) in [4.78, 5) is 3.97. The maximum absolute atomic E-state index is 5.27. The molecule has 0 aromatic rings. The van der Waals surface area contributed by atoms with Gasteiger partial charge in [-0.05, 0) is 24.2 Å². The molecule has 0 radical (unpaired) electrons. The van der Waals surface area contributed by atoms with E-state index in [1.807, 2.05) is 0 Å². The number of nitrogens with zero attached hydrogens (tertiary/aromatic N) is 1. The molecule has 0 heterocycles. The Morgan fingerprint density at radius 2 is 2.15 bits per heavy atom. The van der Waals surface area contributed by atoms with Crippen molar-refractivity contribution < 1.29 is 0 Å². The smallest absolute Gasteiger partial charge is 0.205 e. The van der Waals surface area contributed by atoms with E-state index in [0.717, 1.165) is 12.5 Å². The highest BCUT2D eigenvalue weighted by Gasteiger charge is 2.45. The number of hydrogen-bond donors (Lipinski definition) is 3. The van der Waals surface area contributed by atoms with Crippen molar-refractivity contribution in [2.75, 3.05) is 13.6 Å². The van der Waals surface area contributed by atoms with E-state index in [2.05, 4.69) is 29.6 Å². The van der Waals surface area contributed by atoms with E-state index in [9.17, 15) is 0 Å². The van der Waals surface area contributed by atoms with Crippen LogP contribution in [0.25, 0.3) is 0 Å². The zero-order chi connectivity index (χ0) is 9.90. The Balaban J connectivity index is 2.34. The second-order valence-electron chi connectivity index (χ2n) is 4.09. The molecule has 0 saturated heterocycles. The average Bonchev–Trinajstić information content (AvgIpc) is 2.87. The van der Waals surface area contributed by atoms with Gasteiger partial charge in [-0.2, -0.15) is 0 Å². The van der Waals surface area contributed by atoms with Gasteiger partial charge in [0, 0.05) is 13.6 Å². The minimum atomic E-state index is 0.493. The zero-order valence-electron chi connectivity index (χ0n) is 8.72. The zero-order valence-corrected chi connectivity index (χ0v) is 8.72. The molecule has 4 heteroatoms. The molecule has 0 bridgehead atoms. The van der Waals surface area contributed by atoms with E-state index < -0.39 is 0 Å². The lowest BCUT2D eigenvalue weighted by Crippen LogP contribution is -2.44. The quantitative estimate of drug-likeness (QED) is 0.258. The maximum atomic E-state index is 5.27. The third-order valence-electron chi connectivity index (χ3n) is 3.09. The SMILES string of the molecule is CN=C(NN)NCC1(C(C)C)CC1. The van der Waals surface area contributed by atoms with Gasteiger partial charge in [-0.1, -0.05) is 13.8 Å². The monoisotopic (exact) mass is 184 g/mol. The molecule has 0 amide bonds. The second-order valence-corrected chi connectivity index (χ2v) is 4.09. The highest BCUT2D eigenvalue weighted by Crippen LogP contribution is 2.51. The molecule has 76 valence electrons. The molecular formula is C9H20N4. The molecule has 4 N–H and O–H groups in total. The van der Waals surface area contributed by atoms with Crippen LogP contribution in [0.3, 0.4) is 0 Å². The number of guanidine groups is 1. The number of rotatable bonds is 3. The summed E-state index contributed by atoms with van der Waals surface area (Å²) in [5.41, 5.74) is 3.02. The lowest BCUT2D eigenvalue weighted by Gasteiger charge is -2.20. The molecule has 13 heavy (non-hydrogen) atoms. The van der Waals surface area contributed by atoms with Crippen LogP contribution in [0.2, 0.25) is 0 Å². The Kier molecular flexibility index (Phi) is 3.14. The molecule has 1 fully saturated rings. The number of hydrogen-bond acceptors (Lipinski definition) is 2. The Labute approximate surface area is 80.0 Å². The molecule has 1 saturated carbocycles. The summed E-state index contributed by atoms with van der Waals surface area (Å²) in [6, 6.07) is 0. The van der Waals surface area contributed by atoms with Crippen LogP contribution in [0.15, 0.2) is 4.99 Å². The summed E-state index contributed by atoms with van der Waals surface area (Å²) in [5, 5.41) is 3.22. The molecule has 0 unspecified atom stereocenters. The van der Waals surface area contributed by atoms with Crippen molar-refractivity contribution in [2.45, 2.75) is 26.7 Å². The summed E-state index contributed by atoms with van der Waals surface area (Å²) >= 11 is 0. The highest BCUT2D eigenvalue weighted by atomic mass is 15.3. The predicted octanol–water partition coefficient (Wildman–Crippen LogP) is 0.461. The minimum Gasteiger partial charge on any atom is -0.355 e. The van der Waals surface area contributed by atoms with Crippen molar-refractivity contribution in [1.29, 1.82) is 0 Å². The van der Waals surface area contributed by atoms with Gasteiger partial charge in [0.05, 0.1) is 0 Å². The number of nitrogens with one attached hydrogen (secondary N) is 2. The van der Waals surface area contributed by atoms with Crippen molar-refractivity contribution in [3.8, 4) is 0 Å². The fraction of sp³-hybridized carbons (Fsp3) is 0.889. The van der Waals surface area contributed by atoms with Crippen LogP contribution >= 0.6 is 0 Å². The van der Waals surface area contributed by atoms with Crippen LogP contribution in [0.4, 0.5) is 0 Å². The second kappa shape index (κ2) is 3.96. The summed E-state index contributed by atoms with van der Waals surface area (Å²) in [6.45, 7) is 5.52. The molecule has 0 atom stereocenters. The van der Waals surface area contributed by atoms with E-state index in [0.29, 0.717) is 11.4 Å². The van der Waals surface area contributed by atoms with Crippen molar-refractivity contribution >= 4 is 5.96 Å². The van der Waals surface area contributed by atoms with Crippen LogP contribution in [-0.4, -0.2) is 19.6 Å². The maximum Gasteiger partial charge on any atom is 0.205 e. The van der Waals surface area contributed by atoms with E-state index >= 15 is 0 Å². The lowest BCUT2D eigenvalue weighted by molar-refractivity contribution is 0.356. The average molecular weight is 184 g/mol. The first-order chi connectivity index (χ1) is 6.14. The lowest BCUT2D eigenvalue weighted by atomic mass is 9.92. The third kappa shape index (κ3) is 2.34. The number of hydrazine groups is 1. The fourth-order valence-corrected chi connectivity index (χ4v) is 1.57. The summed E-state index contributed by atoms with van der Waals surface area (Å²) in [7, 11) is 1.72. The molecule has 0 aliphatic heterocycles. The molecule has 1 aliphatic rings. The van der Waals surface area contributed by atoms with Crippen molar-refractivity contribution in [3.63, 3.8) is 0 Å². The van der Waals surface area contributed by atoms with E-state index in [4.69, 9.17) is 5.84 Å². The first-order valence-corrected chi connectivity index (χ1v) is 4.82. The summed E-state index contributed by atoms with van der Waals surface area (Å²) in [6.07, 6.45) is 2.64. The summed E-state index contributed by atoms with van der Waals surface area (Å²) < 4.78 is 0. The van der Waals surface area contributed by atoms with E-state index in [-0.39, 0.29) is 0 Å². The van der Waals surface area contributed by atoms with Crippen LogP contribution in [0, 0.1) is 11.3 Å². The van der Waals surface area contributed by atoms with Gasteiger partial charge in [-0.3, -0.25) is 10.4 Å². The van der Waals surface area contributed by atoms with Crippen LogP contribution < -0.4 is 16.6 Å². The van der Waals surface area contributed by atoms with Gasteiger partial charge < -0.3 is 5.32 Å². The van der Waals surface area contributed by atoms with Gasteiger partial charge in [0.15, 0.2) is 0 Å². The Hall–Kier alpha value is -0.770. The number of nitrogens with two attached hydrogens (primary N) is 1. The molecule has 0 aromatic carbocycles. The van der Waals surface area contributed by atoms with E-state index in [1.165, 1.54) is 12.8 Å². The minimum absolute atomic E-state index is 0.493. The van der Waals surface area contributed by atoms with Gasteiger partial charge in [0.2, 0.25) is 5.96 Å². The molecule has 4 nitrogen and oxygen atoms in total. The first-order valence-electron chi connectivity index (χ1n) is 4.82. The summed E-state index contributed by atoms with van der Waals surface area (Å²) in [5.74, 6) is 6.67. The topological polar surface area (TPSA) is 62.4 Å². The molecule has 1 aliphatic carbocycles. The Bertz CT molecular complexity index is 194. The molecule has 1 rings (SSSR count). The van der Waals surface area contributed by atoms with Gasteiger partial charge in [-0.15, -0.1) is 0 Å². The third-order valence-corrected chi connectivity index (χ3v) is 3.09. The van der Waals surface area contributed by atoms with Gasteiger partial charge >= 0.3 is 0 Å². The number of aliphatic imine (C=N–C) groups is 1. The van der Waals surface area contributed by atoms with Crippen LogP contribution in [0.1, 0.15) is 26.7 Å². The molecule has 0 aromatic heterocycles. The van der Waals surface area contributed by atoms with Crippen LogP contribution in [0.5, 0.6) is 0 Å². The standard InChI is InChI=1S/C9H20N4/c1-7(2)9(4-5-9)6-12-8(11-3)13-10/h7H,4-6,10H2,1-3H3,(H2,11,12,13). The van der Waals surface area contributed by atoms with Crippen molar-refractivity contribution in [2.24, 2.45) is 22.2 Å². The van der Waals surface area contributed by atoms with Crippen molar-refractivity contribution in [3.05, 3.63) is 0 Å². The van der Waals surface area contributed by atoms with Crippen LogP contribution in [-0.2, 0) is 0 Å².